The van der Waals surface area contributed by atoms with Gasteiger partial charge in [-0.15, -0.1) is 13.2 Å². The van der Waals surface area contributed by atoms with Crippen LogP contribution in [0.2, 0.25) is 0 Å². The predicted octanol–water partition coefficient (Wildman–Crippen LogP) is 2.65. The van der Waals surface area contributed by atoms with E-state index in [9.17, 15) is 9.90 Å². The summed E-state index contributed by atoms with van der Waals surface area (Å²) in [5.74, 6) is -0.239. The number of carbonyl (C=O) groups excluding carboxylic acids is 1. The largest absolute Gasteiger partial charge is 0.388 e. The Labute approximate surface area is 97.4 Å². The van der Waals surface area contributed by atoms with Crippen molar-refractivity contribution >= 4 is 5.78 Å². The molecule has 0 spiro atoms. The van der Waals surface area contributed by atoms with Crippen LogP contribution in [0.25, 0.3) is 0 Å². The number of carbonyl (C=O) groups is 1. The first kappa shape index (κ1) is 12.9. The molecule has 2 nitrogen and oxygen atoms in total. The molecule has 1 aliphatic carbocycles. The van der Waals surface area contributed by atoms with Crippen LogP contribution in [0.15, 0.2) is 37.5 Å². The monoisotopic (exact) mass is 220 g/mol. The molecule has 1 fully saturated rings. The highest BCUT2D eigenvalue weighted by Gasteiger charge is 2.39. The molecular formula is C14H20O2. The van der Waals surface area contributed by atoms with Gasteiger partial charge in [0, 0.05) is 17.8 Å². The Hall–Kier alpha value is -1.15. The molecule has 1 N–H and O–H groups in total. The second-order valence-electron chi connectivity index (χ2n) is 4.71. The minimum Gasteiger partial charge on any atom is -0.388 e. The lowest BCUT2D eigenvalue weighted by Gasteiger charge is -2.37. The average Bonchev–Trinajstić information content (AvgIpc) is 2.29. The second-order valence-corrected chi connectivity index (χ2v) is 4.71. The van der Waals surface area contributed by atoms with E-state index in [0.717, 1.165) is 6.42 Å². The van der Waals surface area contributed by atoms with Crippen LogP contribution in [0.5, 0.6) is 0 Å². The summed E-state index contributed by atoms with van der Waals surface area (Å²) in [5, 5.41) is 9.96. The van der Waals surface area contributed by atoms with Crippen LogP contribution in [-0.2, 0) is 4.79 Å². The Morgan fingerprint density at radius 3 is 2.56 bits per heavy atom. The first-order valence-electron chi connectivity index (χ1n) is 5.59. The number of aliphatic hydroxyl groups excluding tert-OH is 1. The van der Waals surface area contributed by atoms with Gasteiger partial charge in [0.2, 0.25) is 0 Å². The van der Waals surface area contributed by atoms with E-state index in [1.165, 1.54) is 0 Å². The molecule has 2 heteroatoms. The third-order valence-electron chi connectivity index (χ3n) is 3.55. The fourth-order valence-electron chi connectivity index (χ4n) is 2.25. The van der Waals surface area contributed by atoms with Crippen molar-refractivity contribution in [2.75, 3.05) is 0 Å². The van der Waals surface area contributed by atoms with Gasteiger partial charge in [-0.25, -0.2) is 0 Å². The zero-order chi connectivity index (χ0) is 12.3. The van der Waals surface area contributed by atoms with Gasteiger partial charge >= 0.3 is 0 Å². The molecule has 0 radical (unpaired) electrons. The van der Waals surface area contributed by atoms with Crippen molar-refractivity contribution in [1.29, 1.82) is 0 Å². The average molecular weight is 220 g/mol. The maximum Gasteiger partial charge on any atom is 0.138 e. The highest BCUT2D eigenvalue weighted by Crippen LogP contribution is 2.41. The highest BCUT2D eigenvalue weighted by atomic mass is 16.3. The molecule has 1 saturated carbocycles. The topological polar surface area (TPSA) is 37.3 Å². The number of hydrogen-bond donors (Lipinski definition) is 1. The zero-order valence-corrected chi connectivity index (χ0v) is 9.91. The normalized spacial score (nSPS) is 25.9. The standard InChI is InChI=1S/C14H20O2/c1-5-14(6-2)8-7-12(15)11(9-14)13(16)10(3)4/h5-6,11,13,16H,1-3,7-9H2,4H3/t11?,13-/m1/s1. The minimum atomic E-state index is -0.743. The number of aliphatic hydroxyl groups is 1. The first-order chi connectivity index (χ1) is 7.45. The summed E-state index contributed by atoms with van der Waals surface area (Å²) in [4.78, 5) is 11.8. The van der Waals surface area contributed by atoms with Crippen LogP contribution >= 0.6 is 0 Å². The van der Waals surface area contributed by atoms with Gasteiger partial charge in [0.05, 0.1) is 6.10 Å². The molecule has 1 rings (SSSR count). The van der Waals surface area contributed by atoms with Gasteiger partial charge in [-0.05, 0) is 19.8 Å². The SMILES string of the molecule is C=CC1(C=C)CCC(=O)C([C@H](O)C(=C)C)C1. The molecule has 0 saturated heterocycles. The van der Waals surface area contributed by atoms with E-state index in [2.05, 4.69) is 19.7 Å². The van der Waals surface area contributed by atoms with Crippen LogP contribution in [0, 0.1) is 11.3 Å². The summed E-state index contributed by atoms with van der Waals surface area (Å²) in [6.45, 7) is 13.1. The maximum absolute atomic E-state index is 11.8. The number of Topliss-reactive ketones (excluding diaryl/α,β-unsaturated/α-hetero) is 1. The van der Waals surface area contributed by atoms with Crippen molar-refractivity contribution in [2.24, 2.45) is 11.3 Å². The summed E-state index contributed by atoms with van der Waals surface area (Å²) < 4.78 is 0. The van der Waals surface area contributed by atoms with Crippen LogP contribution in [-0.4, -0.2) is 17.0 Å². The van der Waals surface area contributed by atoms with Crippen molar-refractivity contribution < 1.29 is 9.90 Å². The lowest BCUT2D eigenvalue weighted by Crippen LogP contribution is -2.38. The van der Waals surface area contributed by atoms with E-state index in [1.54, 1.807) is 6.92 Å². The van der Waals surface area contributed by atoms with Crippen molar-refractivity contribution in [1.82, 2.24) is 0 Å². The number of allylic oxidation sites excluding steroid dienone is 2. The smallest absolute Gasteiger partial charge is 0.138 e. The Morgan fingerprint density at radius 2 is 2.12 bits per heavy atom. The zero-order valence-electron chi connectivity index (χ0n) is 9.91. The quantitative estimate of drug-likeness (QED) is 0.739. The molecule has 0 amide bonds. The Morgan fingerprint density at radius 1 is 1.56 bits per heavy atom. The number of ketones is 1. The molecule has 0 aliphatic heterocycles. The molecule has 16 heavy (non-hydrogen) atoms. The molecule has 1 unspecified atom stereocenters. The summed E-state index contributed by atoms with van der Waals surface area (Å²) in [6, 6.07) is 0. The fraction of sp³-hybridized carbons (Fsp3) is 0.500. The van der Waals surface area contributed by atoms with Crippen molar-refractivity contribution in [3.8, 4) is 0 Å². The van der Waals surface area contributed by atoms with E-state index in [0.29, 0.717) is 18.4 Å². The third kappa shape index (κ3) is 2.33. The predicted molar refractivity (Wildman–Crippen MR) is 66.0 cm³/mol. The third-order valence-corrected chi connectivity index (χ3v) is 3.55. The van der Waals surface area contributed by atoms with Gasteiger partial charge in [-0.2, -0.15) is 0 Å². The van der Waals surface area contributed by atoms with Gasteiger partial charge in [0.25, 0.3) is 0 Å². The van der Waals surface area contributed by atoms with Crippen molar-refractivity contribution in [3.63, 3.8) is 0 Å². The maximum atomic E-state index is 11.8. The van der Waals surface area contributed by atoms with E-state index in [4.69, 9.17) is 0 Å². The molecule has 2 atom stereocenters. The molecule has 0 heterocycles. The molecule has 88 valence electrons. The van der Waals surface area contributed by atoms with E-state index >= 15 is 0 Å². The molecule has 0 bridgehead atoms. The van der Waals surface area contributed by atoms with E-state index in [-0.39, 0.29) is 17.1 Å². The molecule has 0 aromatic heterocycles. The number of rotatable bonds is 4. The van der Waals surface area contributed by atoms with Crippen molar-refractivity contribution in [3.05, 3.63) is 37.5 Å². The van der Waals surface area contributed by atoms with Gasteiger partial charge in [0.1, 0.15) is 5.78 Å². The van der Waals surface area contributed by atoms with Crippen molar-refractivity contribution in [2.45, 2.75) is 32.3 Å². The lowest BCUT2D eigenvalue weighted by atomic mass is 9.67. The Kier molecular flexibility index (Phi) is 3.87. The van der Waals surface area contributed by atoms with Crippen LogP contribution < -0.4 is 0 Å². The molecular weight excluding hydrogens is 200 g/mol. The van der Waals surface area contributed by atoms with E-state index < -0.39 is 6.10 Å². The fourth-order valence-corrected chi connectivity index (χ4v) is 2.25. The Balaban J connectivity index is 2.91. The van der Waals surface area contributed by atoms with Crippen LogP contribution in [0.3, 0.4) is 0 Å². The summed E-state index contributed by atoms with van der Waals surface area (Å²) in [5.41, 5.74) is 0.428. The molecule has 1 aliphatic rings. The summed E-state index contributed by atoms with van der Waals surface area (Å²) >= 11 is 0. The second kappa shape index (κ2) is 4.79. The van der Waals surface area contributed by atoms with E-state index in [1.807, 2.05) is 12.2 Å². The molecule has 0 aromatic rings. The summed E-state index contributed by atoms with van der Waals surface area (Å²) in [7, 11) is 0. The van der Waals surface area contributed by atoms with Gasteiger partial charge in [-0.3, -0.25) is 4.79 Å². The first-order valence-corrected chi connectivity index (χ1v) is 5.59. The van der Waals surface area contributed by atoms with Gasteiger partial charge in [0.15, 0.2) is 0 Å². The van der Waals surface area contributed by atoms with Crippen LogP contribution in [0.4, 0.5) is 0 Å². The lowest BCUT2D eigenvalue weighted by molar-refractivity contribution is -0.129. The Bertz CT molecular complexity index is 320. The highest BCUT2D eigenvalue weighted by molar-refractivity contribution is 5.83. The number of hydrogen-bond acceptors (Lipinski definition) is 2. The van der Waals surface area contributed by atoms with Gasteiger partial charge < -0.3 is 5.11 Å². The minimum absolute atomic E-state index is 0.120. The van der Waals surface area contributed by atoms with Gasteiger partial charge in [-0.1, -0.05) is 24.3 Å². The molecule has 0 aromatic carbocycles. The summed E-state index contributed by atoms with van der Waals surface area (Å²) in [6.07, 6.45) is 4.75. The van der Waals surface area contributed by atoms with Crippen LogP contribution in [0.1, 0.15) is 26.2 Å².